The van der Waals surface area contributed by atoms with Gasteiger partial charge in [0.15, 0.2) is 5.78 Å². The van der Waals surface area contributed by atoms with Crippen molar-refractivity contribution in [3.05, 3.63) is 19.0 Å². The van der Waals surface area contributed by atoms with Crippen LogP contribution in [-0.2, 0) is 0 Å². The third-order valence-electron chi connectivity index (χ3n) is 1.86. The van der Waals surface area contributed by atoms with Gasteiger partial charge in [-0.05, 0) is 47.8 Å². The van der Waals surface area contributed by atoms with Crippen LogP contribution in [0.25, 0.3) is 0 Å². The average molecular weight is 482 g/mol. The van der Waals surface area contributed by atoms with E-state index >= 15 is 0 Å². The molecule has 0 saturated heterocycles. The van der Waals surface area contributed by atoms with Crippen molar-refractivity contribution in [2.75, 3.05) is 12.4 Å². The molecule has 3 nitrogen and oxygen atoms in total. The van der Waals surface area contributed by atoms with Crippen LogP contribution in [0.15, 0.2) is 13.4 Å². The molecule has 1 aromatic rings. The number of carbonyl (C=O) groups is 1. The predicted molar refractivity (Wildman–Crippen MR) is 75.9 cm³/mol. The number of benzene rings is 1. The maximum atomic E-state index is 11.7. The first kappa shape index (κ1) is 14.5. The van der Waals surface area contributed by atoms with Crippen LogP contribution in [0.1, 0.15) is 10.4 Å². The lowest BCUT2D eigenvalue weighted by atomic mass is 10.1. The third-order valence-corrected chi connectivity index (χ3v) is 5.76. The van der Waals surface area contributed by atoms with E-state index in [4.69, 9.17) is 4.74 Å². The number of alkyl halides is 1. The molecule has 1 N–H and O–H groups in total. The van der Waals surface area contributed by atoms with E-state index in [1.807, 2.05) is 0 Å². The molecule has 16 heavy (non-hydrogen) atoms. The fourth-order valence-corrected chi connectivity index (χ4v) is 3.01. The summed E-state index contributed by atoms with van der Waals surface area (Å²) in [5, 5.41) is 10.0. The van der Waals surface area contributed by atoms with E-state index < -0.39 is 0 Å². The largest absolute Gasteiger partial charge is 0.506 e. The van der Waals surface area contributed by atoms with Gasteiger partial charge in [0.1, 0.15) is 17.1 Å². The Hall–Kier alpha value is 0.410. The summed E-state index contributed by atoms with van der Waals surface area (Å²) in [5.74, 6) is -0.100. The summed E-state index contributed by atoms with van der Waals surface area (Å²) >= 11 is 12.8. The second kappa shape index (κ2) is 5.84. The number of methoxy groups -OCH3 is 1. The van der Waals surface area contributed by atoms with Gasteiger partial charge in [0.05, 0.1) is 25.9 Å². The van der Waals surface area contributed by atoms with Gasteiger partial charge in [-0.2, -0.15) is 0 Å². The molecule has 7 heteroatoms. The van der Waals surface area contributed by atoms with Gasteiger partial charge in [-0.15, -0.1) is 0 Å². The Morgan fingerprint density at radius 1 is 1.25 bits per heavy atom. The van der Waals surface area contributed by atoms with Crippen LogP contribution in [0.5, 0.6) is 11.5 Å². The van der Waals surface area contributed by atoms with Crippen molar-refractivity contribution in [1.82, 2.24) is 0 Å². The van der Waals surface area contributed by atoms with E-state index in [0.717, 1.165) is 0 Å². The average Bonchev–Trinajstić information content (AvgIpc) is 2.29. The van der Waals surface area contributed by atoms with Gasteiger partial charge < -0.3 is 9.84 Å². The molecular weight excluding hydrogens is 476 g/mol. The minimum atomic E-state index is -0.261. The lowest BCUT2D eigenvalue weighted by molar-refractivity contribution is 0.101. The minimum Gasteiger partial charge on any atom is -0.506 e. The van der Waals surface area contributed by atoms with Crippen LogP contribution >= 0.6 is 63.7 Å². The number of aromatic hydroxyl groups is 1. The Morgan fingerprint density at radius 3 is 2.25 bits per heavy atom. The minimum absolute atomic E-state index is 0.109. The van der Waals surface area contributed by atoms with Crippen LogP contribution < -0.4 is 4.74 Å². The molecule has 1 rings (SSSR count). The van der Waals surface area contributed by atoms with Gasteiger partial charge >= 0.3 is 0 Å². The van der Waals surface area contributed by atoms with Crippen molar-refractivity contribution in [3.63, 3.8) is 0 Å². The van der Waals surface area contributed by atoms with E-state index in [1.165, 1.54) is 7.11 Å². The molecule has 0 aliphatic rings. The molecule has 88 valence electrons. The Morgan fingerprint density at radius 2 is 1.81 bits per heavy atom. The van der Waals surface area contributed by atoms with Gasteiger partial charge in [-0.3, -0.25) is 4.79 Å². The molecule has 0 spiro atoms. The maximum absolute atomic E-state index is 11.7. The van der Waals surface area contributed by atoms with Gasteiger partial charge in [0.25, 0.3) is 0 Å². The highest BCUT2D eigenvalue weighted by molar-refractivity contribution is 9.14. The Bertz CT molecular complexity index is 445. The molecule has 0 unspecified atom stereocenters. The lowest BCUT2D eigenvalue weighted by Crippen LogP contribution is -2.05. The van der Waals surface area contributed by atoms with Crippen molar-refractivity contribution in [2.45, 2.75) is 0 Å². The predicted octanol–water partition coefficient (Wildman–Crippen LogP) is 4.27. The summed E-state index contributed by atoms with van der Waals surface area (Å²) in [6.45, 7) is 0. The summed E-state index contributed by atoms with van der Waals surface area (Å²) < 4.78 is 6.69. The normalized spacial score (nSPS) is 10.3. The second-order valence-electron chi connectivity index (χ2n) is 2.76. The van der Waals surface area contributed by atoms with Gasteiger partial charge in [-0.1, -0.05) is 15.9 Å². The summed E-state index contributed by atoms with van der Waals surface area (Å²) in [7, 11) is 1.44. The van der Waals surface area contributed by atoms with Crippen molar-refractivity contribution >= 4 is 69.5 Å². The fraction of sp³-hybridized carbons (Fsp3) is 0.222. The highest BCUT2D eigenvalue weighted by atomic mass is 79.9. The molecule has 0 heterocycles. The molecule has 0 aliphatic carbocycles. The molecule has 0 saturated carbocycles. The molecule has 0 amide bonds. The first-order chi connectivity index (χ1) is 7.45. The number of phenolic OH excluding ortho intramolecular Hbond substituents is 1. The zero-order valence-corrected chi connectivity index (χ0v) is 14.3. The van der Waals surface area contributed by atoms with Crippen molar-refractivity contribution in [2.24, 2.45) is 0 Å². The molecular formula is C9H6Br4O3. The SMILES string of the molecule is COc1c(Br)c(Br)c(Br)c(O)c1C(=O)CBr. The molecule has 0 atom stereocenters. The molecule has 0 aliphatic heterocycles. The van der Waals surface area contributed by atoms with Crippen LogP contribution in [0.2, 0.25) is 0 Å². The van der Waals surface area contributed by atoms with E-state index in [1.54, 1.807) is 0 Å². The first-order valence-corrected chi connectivity index (χ1v) is 7.48. The molecule has 0 fully saturated rings. The Balaban J connectivity index is 3.64. The number of hydrogen-bond acceptors (Lipinski definition) is 3. The number of phenols is 1. The number of carbonyl (C=O) groups excluding carboxylic acids is 1. The van der Waals surface area contributed by atoms with Crippen LogP contribution in [-0.4, -0.2) is 23.3 Å². The van der Waals surface area contributed by atoms with Gasteiger partial charge in [0.2, 0.25) is 0 Å². The summed E-state index contributed by atoms with van der Waals surface area (Å²) in [6.07, 6.45) is 0. The number of rotatable bonds is 3. The maximum Gasteiger partial charge on any atom is 0.180 e. The van der Waals surface area contributed by atoms with Crippen molar-refractivity contribution in [1.29, 1.82) is 0 Å². The number of Topliss-reactive ketones (excluding diaryl/α,β-unsaturated/α-hetero) is 1. The van der Waals surface area contributed by atoms with E-state index in [2.05, 4.69) is 63.7 Å². The Labute approximate surface area is 126 Å². The van der Waals surface area contributed by atoms with Crippen LogP contribution in [0.3, 0.4) is 0 Å². The standard InChI is InChI=1S/C9H6Br4O3/c1-16-9-4(3(14)2-10)8(15)6(12)5(11)7(9)13/h15H,2H2,1H3. The van der Waals surface area contributed by atoms with Crippen LogP contribution in [0, 0.1) is 0 Å². The van der Waals surface area contributed by atoms with Gasteiger partial charge in [-0.25, -0.2) is 0 Å². The number of halogens is 4. The van der Waals surface area contributed by atoms with Crippen molar-refractivity contribution in [3.8, 4) is 11.5 Å². The highest BCUT2D eigenvalue weighted by Crippen LogP contribution is 2.47. The zero-order valence-electron chi connectivity index (χ0n) is 7.98. The third kappa shape index (κ3) is 2.47. The Kier molecular flexibility index (Phi) is 5.28. The van der Waals surface area contributed by atoms with Gasteiger partial charge in [0, 0.05) is 0 Å². The molecule has 0 radical (unpaired) electrons. The highest BCUT2D eigenvalue weighted by Gasteiger charge is 2.24. The number of ether oxygens (including phenoxy) is 1. The lowest BCUT2D eigenvalue weighted by Gasteiger charge is -2.14. The summed E-state index contributed by atoms with van der Waals surface area (Å²) in [6, 6.07) is 0. The van der Waals surface area contributed by atoms with E-state index in [0.29, 0.717) is 19.2 Å². The molecule has 1 aromatic carbocycles. The second-order valence-corrected chi connectivity index (χ2v) is 5.70. The monoisotopic (exact) mass is 478 g/mol. The smallest absolute Gasteiger partial charge is 0.180 e. The summed E-state index contributed by atoms with van der Waals surface area (Å²) in [4.78, 5) is 11.7. The molecule has 0 bridgehead atoms. The van der Waals surface area contributed by atoms with Crippen molar-refractivity contribution < 1.29 is 14.6 Å². The first-order valence-electron chi connectivity index (χ1n) is 3.98. The molecule has 0 aromatic heterocycles. The fourth-order valence-electron chi connectivity index (χ4n) is 1.14. The zero-order chi connectivity index (χ0) is 12.5. The quantitative estimate of drug-likeness (QED) is 0.399. The van der Waals surface area contributed by atoms with Crippen LogP contribution in [0.4, 0.5) is 0 Å². The topological polar surface area (TPSA) is 46.5 Å². The van der Waals surface area contributed by atoms with E-state index in [9.17, 15) is 9.90 Å². The van der Waals surface area contributed by atoms with E-state index in [-0.39, 0.29) is 22.4 Å². The summed E-state index contributed by atoms with van der Waals surface area (Å²) in [5.41, 5.74) is 0.140. The number of ketones is 1. The number of hydrogen-bond donors (Lipinski definition) is 1.